The van der Waals surface area contributed by atoms with Gasteiger partial charge in [-0.25, -0.2) is 0 Å². The zero-order chi connectivity index (χ0) is 16.9. The van der Waals surface area contributed by atoms with Gasteiger partial charge in [-0.05, 0) is 53.9 Å². The van der Waals surface area contributed by atoms with Crippen molar-refractivity contribution >= 4 is 30.2 Å². The van der Waals surface area contributed by atoms with Crippen LogP contribution < -0.4 is 0 Å². The summed E-state index contributed by atoms with van der Waals surface area (Å²) in [6.07, 6.45) is 4.37. The SMILES string of the molecule is CSc1ccc(/C=N/n2c(Cc3ccc(O)cc3)n[nH]c2=S)cc1. The molecule has 7 heteroatoms. The zero-order valence-electron chi connectivity index (χ0n) is 13.0. The molecule has 5 nitrogen and oxygen atoms in total. The molecule has 2 aromatic carbocycles. The Morgan fingerprint density at radius 3 is 2.58 bits per heavy atom. The van der Waals surface area contributed by atoms with Crippen molar-refractivity contribution in [2.24, 2.45) is 5.10 Å². The number of hydrogen-bond donors (Lipinski definition) is 2. The Morgan fingerprint density at radius 1 is 1.21 bits per heavy atom. The maximum atomic E-state index is 9.36. The third kappa shape index (κ3) is 3.93. The Morgan fingerprint density at radius 2 is 1.92 bits per heavy atom. The fraction of sp³-hybridized carbons (Fsp3) is 0.118. The van der Waals surface area contributed by atoms with E-state index in [0.29, 0.717) is 17.0 Å². The number of aromatic hydroxyl groups is 1. The molecule has 1 aromatic heterocycles. The molecule has 3 rings (SSSR count). The molecule has 0 aliphatic heterocycles. The van der Waals surface area contributed by atoms with Crippen LogP contribution in [0, 0.1) is 4.77 Å². The number of aromatic amines is 1. The summed E-state index contributed by atoms with van der Waals surface area (Å²) >= 11 is 6.95. The number of phenols is 1. The van der Waals surface area contributed by atoms with Gasteiger partial charge in [0.15, 0.2) is 5.82 Å². The van der Waals surface area contributed by atoms with E-state index in [4.69, 9.17) is 12.2 Å². The fourth-order valence-electron chi connectivity index (χ4n) is 2.17. The van der Waals surface area contributed by atoms with Gasteiger partial charge in [0, 0.05) is 11.3 Å². The molecular formula is C17H16N4OS2. The molecule has 24 heavy (non-hydrogen) atoms. The first-order valence-corrected chi connectivity index (χ1v) is 8.91. The van der Waals surface area contributed by atoms with Crippen molar-refractivity contribution in [2.75, 3.05) is 6.26 Å². The first-order valence-electron chi connectivity index (χ1n) is 7.28. The average molecular weight is 356 g/mol. The van der Waals surface area contributed by atoms with E-state index in [9.17, 15) is 5.11 Å². The Labute approximate surface area is 149 Å². The standard InChI is InChI=1S/C17H16N4OS2/c1-24-15-8-4-13(5-9-15)11-18-21-16(19-20-17(21)23)10-12-2-6-14(22)7-3-12/h2-9,11,22H,10H2,1H3,(H,20,23)/b18-11+. The smallest absolute Gasteiger partial charge is 0.216 e. The molecular weight excluding hydrogens is 340 g/mol. The Bertz CT molecular complexity index is 896. The summed E-state index contributed by atoms with van der Waals surface area (Å²) in [5, 5.41) is 20.8. The lowest BCUT2D eigenvalue weighted by atomic mass is 10.1. The van der Waals surface area contributed by atoms with Crippen LogP contribution >= 0.6 is 24.0 Å². The predicted octanol–water partition coefficient (Wildman–Crippen LogP) is 3.84. The number of rotatable bonds is 5. The van der Waals surface area contributed by atoms with Crippen molar-refractivity contribution in [1.29, 1.82) is 0 Å². The summed E-state index contributed by atoms with van der Waals surface area (Å²) < 4.78 is 2.06. The van der Waals surface area contributed by atoms with E-state index in [-0.39, 0.29) is 5.75 Å². The van der Waals surface area contributed by atoms with Crippen molar-refractivity contribution in [3.63, 3.8) is 0 Å². The van der Waals surface area contributed by atoms with E-state index in [0.717, 1.165) is 11.1 Å². The Hall–Kier alpha value is -2.38. The maximum absolute atomic E-state index is 9.36. The van der Waals surface area contributed by atoms with Crippen molar-refractivity contribution < 1.29 is 5.11 Å². The molecule has 0 fully saturated rings. The number of nitrogens with zero attached hydrogens (tertiary/aromatic N) is 3. The minimum absolute atomic E-state index is 0.240. The molecule has 0 amide bonds. The van der Waals surface area contributed by atoms with Crippen molar-refractivity contribution in [3.8, 4) is 5.75 Å². The van der Waals surface area contributed by atoms with Crippen LogP contribution in [0.15, 0.2) is 58.5 Å². The monoisotopic (exact) mass is 356 g/mol. The van der Waals surface area contributed by atoms with Gasteiger partial charge in [0.2, 0.25) is 4.77 Å². The maximum Gasteiger partial charge on any atom is 0.216 e. The molecule has 0 unspecified atom stereocenters. The van der Waals surface area contributed by atoms with E-state index < -0.39 is 0 Å². The van der Waals surface area contributed by atoms with Gasteiger partial charge in [-0.1, -0.05) is 24.3 Å². The van der Waals surface area contributed by atoms with Crippen LogP contribution in [0.1, 0.15) is 17.0 Å². The minimum Gasteiger partial charge on any atom is -0.508 e. The van der Waals surface area contributed by atoms with E-state index in [1.54, 1.807) is 34.8 Å². The van der Waals surface area contributed by atoms with Crippen LogP contribution in [-0.4, -0.2) is 32.5 Å². The third-order valence-electron chi connectivity index (χ3n) is 3.45. The highest BCUT2D eigenvalue weighted by Crippen LogP contribution is 2.15. The van der Waals surface area contributed by atoms with Gasteiger partial charge in [-0.2, -0.15) is 14.9 Å². The molecule has 0 spiro atoms. The normalized spacial score (nSPS) is 11.2. The highest BCUT2D eigenvalue weighted by Gasteiger charge is 2.06. The molecule has 0 saturated heterocycles. The van der Waals surface area contributed by atoms with Gasteiger partial charge in [-0.15, -0.1) is 11.8 Å². The number of nitrogens with one attached hydrogen (secondary N) is 1. The van der Waals surface area contributed by atoms with E-state index in [2.05, 4.69) is 27.4 Å². The second-order valence-corrected chi connectivity index (χ2v) is 6.38. The van der Waals surface area contributed by atoms with Gasteiger partial charge in [-0.3, -0.25) is 5.10 Å². The van der Waals surface area contributed by atoms with Gasteiger partial charge in [0.1, 0.15) is 5.75 Å². The quantitative estimate of drug-likeness (QED) is 0.414. The van der Waals surface area contributed by atoms with Crippen LogP contribution in [-0.2, 0) is 6.42 Å². The largest absolute Gasteiger partial charge is 0.508 e. The number of benzene rings is 2. The summed E-state index contributed by atoms with van der Waals surface area (Å²) in [5.41, 5.74) is 2.01. The molecule has 0 aliphatic rings. The highest BCUT2D eigenvalue weighted by molar-refractivity contribution is 7.98. The van der Waals surface area contributed by atoms with Gasteiger partial charge in [0.05, 0.1) is 6.21 Å². The van der Waals surface area contributed by atoms with Gasteiger partial charge < -0.3 is 5.11 Å². The number of thioether (sulfide) groups is 1. The van der Waals surface area contributed by atoms with Crippen molar-refractivity contribution in [2.45, 2.75) is 11.3 Å². The van der Waals surface area contributed by atoms with Gasteiger partial charge >= 0.3 is 0 Å². The average Bonchev–Trinajstić information content (AvgIpc) is 2.95. The molecule has 0 radical (unpaired) electrons. The molecule has 122 valence electrons. The predicted molar refractivity (Wildman–Crippen MR) is 99.5 cm³/mol. The summed E-state index contributed by atoms with van der Waals surface area (Å²) in [5.74, 6) is 0.951. The van der Waals surface area contributed by atoms with Crippen LogP contribution in [0.2, 0.25) is 0 Å². The minimum atomic E-state index is 0.240. The molecule has 0 atom stereocenters. The number of hydrogen-bond acceptors (Lipinski definition) is 5. The second-order valence-electron chi connectivity index (χ2n) is 5.12. The highest BCUT2D eigenvalue weighted by atomic mass is 32.2. The second kappa shape index (κ2) is 7.46. The molecule has 0 bridgehead atoms. The first-order chi connectivity index (χ1) is 11.7. The summed E-state index contributed by atoms with van der Waals surface area (Å²) in [6, 6.07) is 15.1. The number of H-pyrrole nitrogens is 1. The van der Waals surface area contributed by atoms with E-state index >= 15 is 0 Å². The van der Waals surface area contributed by atoms with Crippen LogP contribution in [0.5, 0.6) is 5.75 Å². The van der Waals surface area contributed by atoms with E-state index in [1.165, 1.54) is 4.90 Å². The lowest BCUT2D eigenvalue weighted by Crippen LogP contribution is -2.00. The summed E-state index contributed by atoms with van der Waals surface area (Å²) in [7, 11) is 0. The first kappa shape index (κ1) is 16.5. The van der Waals surface area contributed by atoms with Crippen molar-refractivity contribution in [1.82, 2.24) is 14.9 Å². The molecule has 0 saturated carbocycles. The van der Waals surface area contributed by atoms with Crippen LogP contribution in [0.4, 0.5) is 0 Å². The zero-order valence-corrected chi connectivity index (χ0v) is 14.6. The number of phenolic OH excluding ortho intramolecular Hbond substituents is 1. The Kier molecular flexibility index (Phi) is 5.12. The van der Waals surface area contributed by atoms with Crippen molar-refractivity contribution in [3.05, 3.63) is 70.3 Å². The Balaban J connectivity index is 1.82. The molecule has 3 aromatic rings. The fourth-order valence-corrected chi connectivity index (χ4v) is 2.77. The van der Waals surface area contributed by atoms with Crippen LogP contribution in [0.3, 0.4) is 0 Å². The van der Waals surface area contributed by atoms with E-state index in [1.807, 2.05) is 30.5 Å². The molecule has 1 heterocycles. The lowest BCUT2D eigenvalue weighted by Gasteiger charge is -2.02. The summed E-state index contributed by atoms with van der Waals surface area (Å²) in [4.78, 5) is 1.21. The topological polar surface area (TPSA) is 66.2 Å². The van der Waals surface area contributed by atoms with Gasteiger partial charge in [0.25, 0.3) is 0 Å². The molecule has 2 N–H and O–H groups in total. The number of aromatic nitrogens is 3. The third-order valence-corrected chi connectivity index (χ3v) is 4.46. The van der Waals surface area contributed by atoms with Crippen LogP contribution in [0.25, 0.3) is 0 Å². The summed E-state index contributed by atoms with van der Waals surface area (Å²) in [6.45, 7) is 0. The molecule has 0 aliphatic carbocycles. The lowest BCUT2D eigenvalue weighted by molar-refractivity contribution is 0.475.